The Hall–Kier alpha value is -2.98. The van der Waals surface area contributed by atoms with Gasteiger partial charge in [-0.25, -0.2) is 4.98 Å². The highest BCUT2D eigenvalue weighted by Gasteiger charge is 2.43. The Balaban J connectivity index is 1.50. The molecule has 2 aliphatic rings. The molecule has 2 bridgehead atoms. The standard InChI is InChI=1S/C23H23F6N3O2/c1-13(2)31-34-20-9-14(22(24,25)26)3-7-19(20)33-18-10-16-5-6-17(11-18)32(16)21-8-4-15(12-30-21)23(27,28)29/h3-4,7-9,12,16-18H,5-6,10-11H2,1-2H3/t16-,17+,18+. The number of ether oxygens (including phenoxy) is 1. The van der Waals surface area contributed by atoms with Crippen LogP contribution >= 0.6 is 0 Å². The second kappa shape index (κ2) is 8.99. The first-order valence-electron chi connectivity index (χ1n) is 10.8. The number of piperidine rings is 1. The first-order chi connectivity index (χ1) is 15.9. The molecule has 2 aliphatic heterocycles. The Morgan fingerprint density at radius 1 is 0.912 bits per heavy atom. The molecule has 0 spiro atoms. The highest BCUT2D eigenvalue weighted by molar-refractivity contribution is 5.78. The SMILES string of the molecule is CC(C)=NOc1cc(C(F)(F)F)ccc1O[C@H]1C[C@H]2CC[C@@H](C1)N2c1ccc(C(F)(F)F)cn1. The third-order valence-corrected chi connectivity index (χ3v) is 5.92. The summed E-state index contributed by atoms with van der Waals surface area (Å²) in [5.74, 6) is 0.504. The number of pyridine rings is 1. The molecule has 0 unspecified atom stereocenters. The highest BCUT2D eigenvalue weighted by atomic mass is 19.4. The summed E-state index contributed by atoms with van der Waals surface area (Å²) in [6, 6.07) is 5.42. The molecule has 34 heavy (non-hydrogen) atoms. The van der Waals surface area contributed by atoms with Crippen LogP contribution in [0.2, 0.25) is 0 Å². The maximum absolute atomic E-state index is 13.2. The molecule has 11 heteroatoms. The molecule has 2 saturated heterocycles. The maximum atomic E-state index is 13.2. The minimum atomic E-state index is -4.54. The molecule has 0 amide bonds. The largest absolute Gasteiger partial charge is 0.486 e. The molecule has 0 N–H and O–H groups in total. The number of hydrogen-bond acceptors (Lipinski definition) is 5. The van der Waals surface area contributed by atoms with Gasteiger partial charge in [-0.3, -0.25) is 0 Å². The summed E-state index contributed by atoms with van der Waals surface area (Å²) in [6.07, 6.45) is -5.71. The lowest BCUT2D eigenvalue weighted by Gasteiger charge is -2.39. The van der Waals surface area contributed by atoms with Crippen LogP contribution in [0.15, 0.2) is 41.7 Å². The lowest BCUT2D eigenvalue weighted by molar-refractivity contribution is -0.138. The van der Waals surface area contributed by atoms with Gasteiger partial charge in [-0.1, -0.05) is 5.16 Å². The van der Waals surface area contributed by atoms with E-state index in [1.807, 2.05) is 4.90 Å². The Kier molecular flexibility index (Phi) is 6.39. The van der Waals surface area contributed by atoms with E-state index < -0.39 is 23.5 Å². The molecule has 1 aromatic heterocycles. The third kappa shape index (κ3) is 5.23. The summed E-state index contributed by atoms with van der Waals surface area (Å²) < 4.78 is 84.1. The fourth-order valence-electron chi connectivity index (χ4n) is 4.48. The normalized spacial score (nSPS) is 22.5. The van der Waals surface area contributed by atoms with Crippen LogP contribution in [-0.2, 0) is 12.4 Å². The highest BCUT2D eigenvalue weighted by Crippen LogP contribution is 2.42. The van der Waals surface area contributed by atoms with Crippen molar-refractivity contribution in [3.8, 4) is 11.5 Å². The van der Waals surface area contributed by atoms with Crippen LogP contribution in [0.25, 0.3) is 0 Å². The van der Waals surface area contributed by atoms with Crippen molar-refractivity contribution in [3.05, 3.63) is 47.7 Å². The monoisotopic (exact) mass is 487 g/mol. The summed E-state index contributed by atoms with van der Waals surface area (Å²) in [6.45, 7) is 3.30. The van der Waals surface area contributed by atoms with Gasteiger partial charge in [0, 0.05) is 31.1 Å². The minimum Gasteiger partial charge on any atom is -0.486 e. The van der Waals surface area contributed by atoms with Gasteiger partial charge < -0.3 is 14.5 Å². The lowest BCUT2D eigenvalue weighted by Crippen LogP contribution is -2.46. The third-order valence-electron chi connectivity index (χ3n) is 5.92. The van der Waals surface area contributed by atoms with Crippen molar-refractivity contribution in [1.29, 1.82) is 0 Å². The van der Waals surface area contributed by atoms with Gasteiger partial charge in [0.25, 0.3) is 0 Å². The van der Waals surface area contributed by atoms with Gasteiger partial charge in [-0.15, -0.1) is 0 Å². The molecule has 3 heterocycles. The van der Waals surface area contributed by atoms with Crippen LogP contribution in [0.1, 0.15) is 50.7 Å². The molecule has 2 fully saturated rings. The van der Waals surface area contributed by atoms with E-state index in [-0.39, 0.29) is 29.7 Å². The van der Waals surface area contributed by atoms with Crippen molar-refractivity contribution < 1.29 is 35.9 Å². The smallest absolute Gasteiger partial charge is 0.417 e. The summed E-state index contributed by atoms with van der Waals surface area (Å²) in [5.41, 5.74) is -1.15. The number of alkyl halides is 6. The zero-order chi connectivity index (χ0) is 24.7. The number of anilines is 1. The zero-order valence-electron chi connectivity index (χ0n) is 18.5. The van der Waals surface area contributed by atoms with Crippen molar-refractivity contribution in [2.75, 3.05) is 4.90 Å². The van der Waals surface area contributed by atoms with E-state index >= 15 is 0 Å². The lowest BCUT2D eigenvalue weighted by atomic mass is 9.99. The number of oxime groups is 1. The van der Waals surface area contributed by atoms with Gasteiger partial charge in [0.2, 0.25) is 0 Å². The van der Waals surface area contributed by atoms with E-state index in [0.29, 0.717) is 24.4 Å². The molecule has 0 radical (unpaired) electrons. The van der Waals surface area contributed by atoms with Crippen molar-refractivity contribution in [3.63, 3.8) is 0 Å². The molecule has 184 valence electrons. The second-order valence-electron chi connectivity index (χ2n) is 8.70. The van der Waals surface area contributed by atoms with Gasteiger partial charge in [0.15, 0.2) is 11.5 Å². The first-order valence-corrected chi connectivity index (χ1v) is 10.8. The molecular formula is C23H23F6N3O2. The Morgan fingerprint density at radius 2 is 1.53 bits per heavy atom. The average Bonchev–Trinajstić information content (AvgIpc) is 3.02. The Morgan fingerprint density at radius 3 is 2.06 bits per heavy atom. The topological polar surface area (TPSA) is 47.0 Å². The van der Waals surface area contributed by atoms with Crippen LogP contribution in [0.5, 0.6) is 11.5 Å². The number of halogens is 6. The van der Waals surface area contributed by atoms with E-state index in [1.54, 1.807) is 13.8 Å². The zero-order valence-corrected chi connectivity index (χ0v) is 18.5. The van der Waals surface area contributed by atoms with Crippen LogP contribution in [0.4, 0.5) is 32.2 Å². The number of rotatable bonds is 5. The van der Waals surface area contributed by atoms with Crippen molar-refractivity contribution in [2.24, 2.45) is 5.16 Å². The molecule has 5 nitrogen and oxygen atoms in total. The van der Waals surface area contributed by atoms with E-state index in [9.17, 15) is 26.3 Å². The van der Waals surface area contributed by atoms with Crippen molar-refractivity contribution in [2.45, 2.75) is 70.1 Å². The first kappa shape index (κ1) is 24.2. The number of hydrogen-bond donors (Lipinski definition) is 0. The number of fused-ring (bicyclic) bond motifs is 2. The molecular weight excluding hydrogens is 464 g/mol. The second-order valence-corrected chi connectivity index (χ2v) is 8.70. The van der Waals surface area contributed by atoms with E-state index in [0.717, 1.165) is 37.2 Å². The van der Waals surface area contributed by atoms with E-state index in [1.165, 1.54) is 12.1 Å². The van der Waals surface area contributed by atoms with Crippen LogP contribution in [-0.4, -0.2) is 28.9 Å². The molecule has 2 aromatic rings. The fraction of sp³-hybridized carbons (Fsp3) is 0.478. The summed E-state index contributed by atoms with van der Waals surface area (Å²) in [7, 11) is 0. The predicted molar refractivity (Wildman–Crippen MR) is 113 cm³/mol. The fourth-order valence-corrected chi connectivity index (χ4v) is 4.48. The quantitative estimate of drug-likeness (QED) is 0.276. The number of nitrogens with zero attached hydrogens (tertiary/aromatic N) is 3. The van der Waals surface area contributed by atoms with Gasteiger partial charge in [0.05, 0.1) is 16.8 Å². The molecule has 1 aromatic carbocycles. The van der Waals surface area contributed by atoms with E-state index in [2.05, 4.69) is 10.1 Å². The summed E-state index contributed by atoms with van der Waals surface area (Å²) in [5, 5.41) is 3.76. The molecule has 4 rings (SSSR count). The molecule has 0 saturated carbocycles. The number of aromatic nitrogens is 1. The average molecular weight is 487 g/mol. The van der Waals surface area contributed by atoms with Crippen molar-refractivity contribution in [1.82, 2.24) is 4.98 Å². The van der Waals surface area contributed by atoms with E-state index in [4.69, 9.17) is 9.57 Å². The summed E-state index contributed by atoms with van der Waals surface area (Å²) >= 11 is 0. The maximum Gasteiger partial charge on any atom is 0.417 e. The van der Waals surface area contributed by atoms with Gasteiger partial charge in [-0.2, -0.15) is 26.3 Å². The van der Waals surface area contributed by atoms with Crippen LogP contribution in [0.3, 0.4) is 0 Å². The van der Waals surface area contributed by atoms with Gasteiger partial charge in [-0.05, 0) is 57.0 Å². The van der Waals surface area contributed by atoms with Gasteiger partial charge in [0.1, 0.15) is 11.9 Å². The molecule has 0 aliphatic carbocycles. The van der Waals surface area contributed by atoms with Crippen LogP contribution in [0, 0.1) is 0 Å². The Bertz CT molecular complexity index is 1030. The molecule has 3 atom stereocenters. The number of benzene rings is 1. The van der Waals surface area contributed by atoms with Gasteiger partial charge >= 0.3 is 12.4 Å². The Labute approximate surface area is 192 Å². The summed E-state index contributed by atoms with van der Waals surface area (Å²) in [4.78, 5) is 11.3. The van der Waals surface area contributed by atoms with Crippen LogP contribution < -0.4 is 14.5 Å². The van der Waals surface area contributed by atoms with Crippen molar-refractivity contribution >= 4 is 11.5 Å². The predicted octanol–water partition coefficient (Wildman–Crippen LogP) is 6.47. The minimum absolute atomic E-state index is 0.00251.